The Labute approximate surface area is 157 Å². The molecule has 0 heterocycles. The van der Waals surface area contributed by atoms with E-state index in [1.165, 1.54) is 16.8 Å². The number of hydrazone groups is 1. The van der Waals surface area contributed by atoms with E-state index < -0.39 is 0 Å². The van der Waals surface area contributed by atoms with Crippen molar-refractivity contribution in [1.29, 1.82) is 0 Å². The Hall–Kier alpha value is -2.96. The molecular weight excluding hydrogens is 344 g/mol. The number of hydrogen-bond donors (Lipinski definition) is 2. The van der Waals surface area contributed by atoms with Crippen molar-refractivity contribution in [3.05, 3.63) is 90.5 Å². The number of benzene rings is 3. The second kappa shape index (κ2) is 8.94. The van der Waals surface area contributed by atoms with Crippen LogP contribution in [0.4, 0.5) is 5.69 Å². The summed E-state index contributed by atoms with van der Waals surface area (Å²) in [4.78, 5) is 0. The van der Waals surface area contributed by atoms with Crippen LogP contribution < -0.4 is 21.4 Å². The van der Waals surface area contributed by atoms with Gasteiger partial charge in [0.15, 0.2) is 0 Å². The van der Waals surface area contributed by atoms with Crippen LogP contribution in [0, 0.1) is 0 Å². The zero-order chi connectivity index (χ0) is 18.2. The van der Waals surface area contributed by atoms with E-state index in [2.05, 4.69) is 5.10 Å². The predicted molar refractivity (Wildman–Crippen MR) is 109 cm³/mol. The van der Waals surface area contributed by atoms with Crippen molar-refractivity contribution in [2.75, 3.05) is 5.01 Å². The molecule has 6 heteroatoms. The highest BCUT2D eigenvalue weighted by Gasteiger charge is 2.11. The van der Waals surface area contributed by atoms with Gasteiger partial charge in [0, 0.05) is 5.75 Å². The molecule has 0 fully saturated rings. The molecule has 4 N–H and O–H groups in total. The highest BCUT2D eigenvalue weighted by molar-refractivity contribution is 8.13. The molecule has 132 valence electrons. The maximum absolute atomic E-state index is 6.12. The first-order valence-electron chi connectivity index (χ1n) is 8.08. The fraction of sp³-hybridized carbons (Fsp3) is 0.0500. The van der Waals surface area contributed by atoms with Crippen LogP contribution in [-0.4, -0.2) is 5.17 Å². The van der Waals surface area contributed by atoms with Gasteiger partial charge < -0.3 is 10.6 Å². The minimum Gasteiger partial charge on any atom is -0.457 e. The first-order valence-corrected chi connectivity index (χ1v) is 9.07. The molecule has 0 saturated heterocycles. The van der Waals surface area contributed by atoms with Crippen LogP contribution in [0.1, 0.15) is 5.56 Å². The Kier molecular flexibility index (Phi) is 6.14. The van der Waals surface area contributed by atoms with Gasteiger partial charge in [0.25, 0.3) is 0 Å². The van der Waals surface area contributed by atoms with Gasteiger partial charge in [-0.2, -0.15) is 5.10 Å². The fourth-order valence-corrected chi connectivity index (χ4v) is 3.13. The van der Waals surface area contributed by atoms with Crippen LogP contribution in [0.3, 0.4) is 0 Å². The van der Waals surface area contributed by atoms with Crippen molar-refractivity contribution in [1.82, 2.24) is 0 Å². The number of anilines is 1. The maximum atomic E-state index is 6.12. The number of nitrogens with zero attached hydrogens (tertiary/aromatic N) is 2. The molecule has 0 unspecified atom stereocenters. The van der Waals surface area contributed by atoms with E-state index in [0.29, 0.717) is 10.9 Å². The zero-order valence-electron chi connectivity index (χ0n) is 14.2. The summed E-state index contributed by atoms with van der Waals surface area (Å²) in [6.45, 7) is 0. The molecule has 0 amide bonds. The summed E-state index contributed by atoms with van der Waals surface area (Å²) in [5.74, 6) is 13.9. The summed E-state index contributed by atoms with van der Waals surface area (Å²) in [7, 11) is 0. The van der Waals surface area contributed by atoms with E-state index >= 15 is 0 Å². The summed E-state index contributed by atoms with van der Waals surface area (Å²) in [5.41, 5.74) is 1.91. The van der Waals surface area contributed by atoms with E-state index in [1.54, 1.807) is 0 Å². The van der Waals surface area contributed by atoms with Crippen LogP contribution in [0.2, 0.25) is 0 Å². The number of ether oxygens (including phenoxy) is 1. The lowest BCUT2D eigenvalue weighted by Crippen LogP contribution is -2.36. The molecule has 0 aliphatic carbocycles. The maximum Gasteiger partial charge on any atom is 0.201 e. The number of amidine groups is 1. The topological polar surface area (TPSA) is 76.9 Å². The molecule has 3 aromatic carbocycles. The molecule has 0 saturated carbocycles. The lowest BCUT2D eigenvalue weighted by atomic mass is 10.2. The van der Waals surface area contributed by atoms with E-state index in [-0.39, 0.29) is 0 Å². The number of para-hydroxylation sites is 2. The number of rotatable bonds is 5. The number of hydrazine groups is 1. The molecule has 0 aliphatic heterocycles. The Balaban J connectivity index is 1.64. The highest BCUT2D eigenvalue weighted by Crippen LogP contribution is 2.25. The van der Waals surface area contributed by atoms with Crippen LogP contribution >= 0.6 is 11.8 Å². The molecule has 0 aromatic heterocycles. The van der Waals surface area contributed by atoms with Crippen molar-refractivity contribution >= 4 is 22.6 Å². The lowest BCUT2D eigenvalue weighted by Gasteiger charge is -2.19. The van der Waals surface area contributed by atoms with E-state index in [1.807, 2.05) is 84.9 Å². The van der Waals surface area contributed by atoms with Gasteiger partial charge in [-0.3, -0.25) is 5.01 Å². The third-order valence-electron chi connectivity index (χ3n) is 3.60. The van der Waals surface area contributed by atoms with E-state index in [9.17, 15) is 0 Å². The largest absolute Gasteiger partial charge is 0.457 e. The molecule has 0 radical (unpaired) electrons. The summed E-state index contributed by atoms with van der Waals surface area (Å²) in [6.07, 6.45) is 0. The van der Waals surface area contributed by atoms with Gasteiger partial charge in [0.05, 0.1) is 5.69 Å². The minimum atomic E-state index is 0.533. The first kappa shape index (κ1) is 17.8. The Morgan fingerprint density at radius 2 is 1.54 bits per heavy atom. The van der Waals surface area contributed by atoms with Crippen molar-refractivity contribution in [3.8, 4) is 11.5 Å². The standard InChI is InChI=1S/C20H20N4OS/c21-23-20(24(22)17-9-3-1-4-10-17)26-15-16-8-7-13-19(14-16)25-18-11-5-2-6-12-18/h1-14H,15,21-22H2/b23-20+. The normalized spacial score (nSPS) is 11.2. The number of hydrogen-bond acceptors (Lipinski definition) is 5. The first-order chi connectivity index (χ1) is 12.8. The van der Waals surface area contributed by atoms with Crippen molar-refractivity contribution in [2.24, 2.45) is 16.8 Å². The van der Waals surface area contributed by atoms with Crippen molar-refractivity contribution in [3.63, 3.8) is 0 Å². The summed E-state index contributed by atoms with van der Waals surface area (Å²) in [6, 6.07) is 27.2. The van der Waals surface area contributed by atoms with Gasteiger partial charge in [-0.1, -0.05) is 60.3 Å². The quantitative estimate of drug-likeness (QED) is 0.305. The third-order valence-corrected chi connectivity index (χ3v) is 4.63. The molecule has 0 spiro atoms. The molecule has 0 aliphatic rings. The molecule has 26 heavy (non-hydrogen) atoms. The van der Waals surface area contributed by atoms with Gasteiger partial charge in [-0.15, -0.1) is 0 Å². The molecule has 5 nitrogen and oxygen atoms in total. The van der Waals surface area contributed by atoms with E-state index in [4.69, 9.17) is 16.4 Å². The third kappa shape index (κ3) is 4.78. The summed E-state index contributed by atoms with van der Waals surface area (Å²) in [5, 5.41) is 5.83. The minimum absolute atomic E-state index is 0.533. The van der Waals surface area contributed by atoms with Gasteiger partial charge in [0.2, 0.25) is 5.17 Å². The average molecular weight is 364 g/mol. The van der Waals surface area contributed by atoms with Gasteiger partial charge in [-0.25, -0.2) is 5.84 Å². The molecule has 3 aromatic rings. The van der Waals surface area contributed by atoms with Crippen LogP contribution in [-0.2, 0) is 5.75 Å². The van der Waals surface area contributed by atoms with E-state index in [0.717, 1.165) is 22.7 Å². The second-order valence-electron chi connectivity index (χ2n) is 5.47. The molecular formula is C20H20N4OS. The summed E-state index contributed by atoms with van der Waals surface area (Å²) >= 11 is 1.46. The van der Waals surface area contributed by atoms with Crippen LogP contribution in [0.5, 0.6) is 11.5 Å². The van der Waals surface area contributed by atoms with Crippen LogP contribution in [0.15, 0.2) is 90.0 Å². The Morgan fingerprint density at radius 3 is 2.23 bits per heavy atom. The predicted octanol–water partition coefficient (Wildman–Crippen LogP) is 4.32. The zero-order valence-corrected chi connectivity index (χ0v) is 15.0. The lowest BCUT2D eigenvalue weighted by molar-refractivity contribution is 0.482. The van der Waals surface area contributed by atoms with Crippen molar-refractivity contribution in [2.45, 2.75) is 5.75 Å². The average Bonchev–Trinajstić information content (AvgIpc) is 2.70. The Bertz CT molecular complexity index is 856. The molecule has 0 atom stereocenters. The van der Waals surface area contributed by atoms with Gasteiger partial charge >= 0.3 is 0 Å². The van der Waals surface area contributed by atoms with Gasteiger partial charge in [0.1, 0.15) is 11.5 Å². The second-order valence-corrected chi connectivity index (χ2v) is 6.41. The summed E-state index contributed by atoms with van der Waals surface area (Å²) < 4.78 is 5.87. The van der Waals surface area contributed by atoms with Crippen LogP contribution in [0.25, 0.3) is 0 Å². The fourth-order valence-electron chi connectivity index (χ4n) is 2.34. The highest BCUT2D eigenvalue weighted by atomic mass is 32.2. The van der Waals surface area contributed by atoms with Crippen molar-refractivity contribution < 1.29 is 4.74 Å². The SMILES string of the molecule is N/N=C(/SCc1cccc(Oc2ccccc2)c1)N(N)c1ccccc1. The monoisotopic (exact) mass is 364 g/mol. The molecule has 3 rings (SSSR count). The molecule has 0 bridgehead atoms. The smallest absolute Gasteiger partial charge is 0.201 e. The Morgan fingerprint density at radius 1 is 0.885 bits per heavy atom. The van der Waals surface area contributed by atoms with Gasteiger partial charge in [-0.05, 0) is 42.0 Å². The number of thioether (sulfide) groups is 1. The number of nitrogens with two attached hydrogens (primary N) is 2.